The molecule has 0 aliphatic carbocycles. The maximum absolute atomic E-state index is 14.4. The van der Waals surface area contributed by atoms with Gasteiger partial charge >= 0.3 is 0 Å². The lowest BCUT2D eigenvalue weighted by atomic mass is 9.94. The van der Waals surface area contributed by atoms with Gasteiger partial charge < -0.3 is 15.4 Å². The number of ether oxygens (including phenoxy) is 1. The highest BCUT2D eigenvalue weighted by Crippen LogP contribution is 2.33. The van der Waals surface area contributed by atoms with E-state index in [1.807, 2.05) is 17.0 Å². The van der Waals surface area contributed by atoms with Gasteiger partial charge in [0.15, 0.2) is 5.82 Å². The highest BCUT2D eigenvalue weighted by Gasteiger charge is 2.32. The van der Waals surface area contributed by atoms with E-state index in [2.05, 4.69) is 22.9 Å². The van der Waals surface area contributed by atoms with Gasteiger partial charge in [0.25, 0.3) is 0 Å². The van der Waals surface area contributed by atoms with Crippen LogP contribution in [0, 0.1) is 5.82 Å². The first kappa shape index (κ1) is 14.8. The summed E-state index contributed by atoms with van der Waals surface area (Å²) in [7, 11) is 1.72. The van der Waals surface area contributed by atoms with Crippen molar-refractivity contribution in [3.05, 3.63) is 28.0 Å². The van der Waals surface area contributed by atoms with Crippen molar-refractivity contribution in [2.45, 2.75) is 31.9 Å². The van der Waals surface area contributed by atoms with Gasteiger partial charge in [-0.25, -0.2) is 4.39 Å². The summed E-state index contributed by atoms with van der Waals surface area (Å²) in [6, 6.07) is 3.69. The monoisotopic (exact) mass is 330 g/mol. The van der Waals surface area contributed by atoms with Crippen LogP contribution in [-0.4, -0.2) is 25.8 Å². The van der Waals surface area contributed by atoms with Crippen molar-refractivity contribution >= 4 is 21.6 Å². The van der Waals surface area contributed by atoms with Crippen LogP contribution >= 0.6 is 15.9 Å². The molecule has 5 heteroatoms. The Kier molecular flexibility index (Phi) is 4.48. The number of anilines is 1. The van der Waals surface area contributed by atoms with Crippen molar-refractivity contribution in [2.24, 2.45) is 5.73 Å². The van der Waals surface area contributed by atoms with Crippen LogP contribution in [0.15, 0.2) is 16.6 Å². The second-order valence-electron chi connectivity index (χ2n) is 5.26. The lowest BCUT2D eigenvalue weighted by Gasteiger charge is -2.40. The quantitative estimate of drug-likeness (QED) is 0.925. The zero-order chi connectivity index (χ0) is 14.0. The molecule has 1 fully saturated rings. The summed E-state index contributed by atoms with van der Waals surface area (Å²) in [4.78, 5) is 2.05. The van der Waals surface area contributed by atoms with Crippen molar-refractivity contribution in [1.29, 1.82) is 0 Å². The van der Waals surface area contributed by atoms with E-state index in [1.165, 1.54) is 0 Å². The van der Waals surface area contributed by atoms with E-state index in [9.17, 15) is 4.39 Å². The van der Waals surface area contributed by atoms with Crippen LogP contribution in [0.25, 0.3) is 0 Å². The summed E-state index contributed by atoms with van der Waals surface area (Å²) in [6.45, 7) is 3.95. The van der Waals surface area contributed by atoms with Crippen LogP contribution < -0.4 is 10.6 Å². The molecule has 1 atom stereocenters. The van der Waals surface area contributed by atoms with Crippen LogP contribution in [0.3, 0.4) is 0 Å². The van der Waals surface area contributed by atoms with E-state index in [-0.39, 0.29) is 11.4 Å². The van der Waals surface area contributed by atoms with Gasteiger partial charge in [-0.15, -0.1) is 0 Å². The summed E-state index contributed by atoms with van der Waals surface area (Å²) < 4.78 is 20.4. The molecule has 1 heterocycles. The Balaban J connectivity index is 2.29. The Hall–Kier alpha value is -0.650. The van der Waals surface area contributed by atoms with Crippen LogP contribution in [0.2, 0.25) is 0 Å². The predicted molar refractivity (Wildman–Crippen MR) is 78.9 cm³/mol. The van der Waals surface area contributed by atoms with Crippen molar-refractivity contribution in [3.63, 3.8) is 0 Å². The van der Waals surface area contributed by atoms with Gasteiger partial charge in [-0.05, 0) is 47.3 Å². The van der Waals surface area contributed by atoms with Crippen molar-refractivity contribution in [1.82, 2.24) is 0 Å². The summed E-state index contributed by atoms with van der Waals surface area (Å²) in [5, 5.41) is 0. The minimum atomic E-state index is -0.233. The maximum Gasteiger partial charge on any atom is 0.160 e. The number of rotatable bonds is 3. The second-order valence-corrected chi connectivity index (χ2v) is 6.05. The number of halogens is 2. The van der Waals surface area contributed by atoms with Crippen molar-refractivity contribution in [3.8, 4) is 0 Å². The smallest absolute Gasteiger partial charge is 0.160 e. The molecule has 2 rings (SSSR count). The van der Waals surface area contributed by atoms with Crippen LogP contribution in [0.5, 0.6) is 0 Å². The molecule has 1 unspecified atom stereocenters. The maximum atomic E-state index is 14.4. The fourth-order valence-corrected chi connectivity index (χ4v) is 3.06. The summed E-state index contributed by atoms with van der Waals surface area (Å²) in [6.07, 6.45) is 2.00. The van der Waals surface area contributed by atoms with Crippen molar-refractivity contribution < 1.29 is 9.13 Å². The van der Waals surface area contributed by atoms with Gasteiger partial charge in [0.2, 0.25) is 0 Å². The molecule has 0 spiro atoms. The molecule has 3 nitrogen and oxygen atoms in total. The molecule has 2 N–H and O–H groups in total. The fraction of sp³-hybridized carbons (Fsp3) is 0.571. The molecule has 0 radical (unpaired) electrons. The van der Waals surface area contributed by atoms with Crippen LogP contribution in [0.4, 0.5) is 10.1 Å². The lowest BCUT2D eigenvalue weighted by molar-refractivity contribution is -0.00477. The molecular formula is C14H20BrFN2O. The highest BCUT2D eigenvalue weighted by atomic mass is 79.9. The first-order chi connectivity index (χ1) is 9.00. The molecule has 19 heavy (non-hydrogen) atoms. The normalized spacial score (nSPS) is 23.7. The van der Waals surface area contributed by atoms with Gasteiger partial charge in [-0.3, -0.25) is 0 Å². The Morgan fingerprint density at radius 2 is 2.26 bits per heavy atom. The van der Waals surface area contributed by atoms with Crippen LogP contribution in [-0.2, 0) is 11.3 Å². The third-order valence-electron chi connectivity index (χ3n) is 3.85. The topological polar surface area (TPSA) is 38.5 Å². The van der Waals surface area contributed by atoms with Gasteiger partial charge in [0, 0.05) is 26.7 Å². The van der Waals surface area contributed by atoms with E-state index in [1.54, 1.807) is 7.11 Å². The molecule has 0 saturated carbocycles. The second kappa shape index (κ2) is 5.77. The Bertz CT molecular complexity index is 469. The molecule has 1 aromatic rings. The molecular weight excluding hydrogens is 311 g/mol. The van der Waals surface area contributed by atoms with Gasteiger partial charge in [0.1, 0.15) is 0 Å². The first-order valence-electron chi connectivity index (χ1n) is 6.48. The summed E-state index contributed by atoms with van der Waals surface area (Å²) in [5.74, 6) is -0.233. The molecule has 1 saturated heterocycles. The predicted octanol–water partition coefficient (Wildman–Crippen LogP) is 3.05. The third-order valence-corrected chi connectivity index (χ3v) is 4.71. The summed E-state index contributed by atoms with van der Waals surface area (Å²) in [5.41, 5.74) is 6.78. The number of nitrogens with zero attached hydrogens (tertiary/aromatic N) is 1. The Labute approximate surface area is 122 Å². The highest BCUT2D eigenvalue weighted by molar-refractivity contribution is 9.10. The molecule has 1 aliphatic heterocycles. The number of hydrogen-bond acceptors (Lipinski definition) is 3. The van der Waals surface area contributed by atoms with E-state index in [0.29, 0.717) is 23.2 Å². The number of piperidine rings is 1. The van der Waals surface area contributed by atoms with Crippen LogP contribution in [0.1, 0.15) is 25.3 Å². The van der Waals surface area contributed by atoms with E-state index in [0.717, 1.165) is 24.9 Å². The molecule has 0 bridgehead atoms. The third kappa shape index (κ3) is 2.93. The molecule has 0 aromatic heterocycles. The average Bonchev–Trinajstić information content (AvgIpc) is 2.42. The molecule has 0 amide bonds. The average molecular weight is 331 g/mol. The number of hydrogen-bond donors (Lipinski definition) is 1. The Morgan fingerprint density at radius 3 is 2.89 bits per heavy atom. The molecule has 1 aliphatic rings. The Morgan fingerprint density at radius 1 is 1.53 bits per heavy atom. The zero-order valence-corrected chi connectivity index (χ0v) is 13.0. The minimum absolute atomic E-state index is 0.205. The van der Waals surface area contributed by atoms with E-state index >= 15 is 0 Å². The van der Waals surface area contributed by atoms with Gasteiger partial charge in [-0.2, -0.15) is 0 Å². The standard InChI is InChI=1S/C14H20BrFN2O/c1-14(19-2)6-3-7-18(9-14)11-5-4-10(8-17)12(15)13(11)16/h4-5H,3,6-9,17H2,1-2H3. The number of nitrogens with two attached hydrogens (primary N) is 1. The number of methoxy groups -OCH3 is 1. The van der Waals surface area contributed by atoms with Crippen molar-refractivity contribution in [2.75, 3.05) is 25.1 Å². The fourth-order valence-electron chi connectivity index (χ4n) is 2.56. The molecule has 1 aromatic carbocycles. The largest absolute Gasteiger partial charge is 0.377 e. The first-order valence-corrected chi connectivity index (χ1v) is 7.27. The van der Waals surface area contributed by atoms with Gasteiger partial charge in [-0.1, -0.05) is 6.07 Å². The number of benzene rings is 1. The molecule has 106 valence electrons. The zero-order valence-electron chi connectivity index (χ0n) is 11.4. The van der Waals surface area contributed by atoms with Gasteiger partial charge in [0.05, 0.1) is 15.8 Å². The van der Waals surface area contributed by atoms with E-state index in [4.69, 9.17) is 10.5 Å². The lowest BCUT2D eigenvalue weighted by Crippen LogP contribution is -2.47. The summed E-state index contributed by atoms with van der Waals surface area (Å²) >= 11 is 3.29. The van der Waals surface area contributed by atoms with E-state index < -0.39 is 0 Å². The minimum Gasteiger partial charge on any atom is -0.377 e. The SMILES string of the molecule is COC1(C)CCCN(c2ccc(CN)c(Br)c2F)C1.